The molecule has 5 heteroatoms. The Hall–Kier alpha value is -1.95. The van der Waals surface area contributed by atoms with Gasteiger partial charge < -0.3 is 20.1 Å². The van der Waals surface area contributed by atoms with Crippen LogP contribution in [0.2, 0.25) is 0 Å². The van der Waals surface area contributed by atoms with Crippen molar-refractivity contribution in [2.45, 2.75) is 90.6 Å². The fraction of sp³-hybridized carbons (Fsp3) is 0.560. The summed E-state index contributed by atoms with van der Waals surface area (Å²) >= 11 is 0. The molecule has 0 heterocycles. The summed E-state index contributed by atoms with van der Waals surface area (Å²) in [4.78, 5) is 11.9. The van der Waals surface area contributed by atoms with E-state index in [1.54, 1.807) is 19.1 Å². The summed E-state index contributed by atoms with van der Waals surface area (Å²) < 4.78 is 5.47. The molecule has 1 fully saturated rings. The maximum Gasteiger partial charge on any atom is 0.331 e. The Bertz CT molecular complexity index is 676. The first-order chi connectivity index (χ1) is 14.2. The largest absolute Gasteiger partial charge is 0.459 e. The summed E-state index contributed by atoms with van der Waals surface area (Å²) in [7, 11) is 0. The van der Waals surface area contributed by atoms with Gasteiger partial charge in [-0.05, 0) is 53.4 Å². The Morgan fingerprint density at radius 1 is 0.967 bits per heavy atom. The van der Waals surface area contributed by atoms with Crippen molar-refractivity contribution >= 4 is 5.97 Å². The molecule has 0 aromatic heterocycles. The third kappa shape index (κ3) is 11.9. The zero-order valence-corrected chi connectivity index (χ0v) is 18.8. The number of hydrogen-bond acceptors (Lipinski definition) is 5. The Morgan fingerprint density at radius 2 is 1.63 bits per heavy atom. The minimum atomic E-state index is -1.02. The van der Waals surface area contributed by atoms with Crippen molar-refractivity contribution in [3.63, 3.8) is 0 Å². The number of carbonyl (C=O) groups is 1. The fourth-order valence-corrected chi connectivity index (χ4v) is 3.32. The standard InChI is InChI=1S/C25H38O5/c1-18(9-8-10-19(2)16-23(27)24(28)17-21(4)26)15-20(3)13-14-25(29)30-22-11-6-5-7-12-22/h8-10,13-16,21-24,26-28H,5-7,11-12,17H2,1-4H3/b10-8+,14-13+,18-9+,19-16+,20-15+. The molecule has 3 unspecified atom stereocenters. The third-order valence-corrected chi connectivity index (χ3v) is 4.90. The summed E-state index contributed by atoms with van der Waals surface area (Å²) in [5, 5.41) is 29.0. The van der Waals surface area contributed by atoms with Crippen LogP contribution in [0.1, 0.15) is 66.2 Å². The van der Waals surface area contributed by atoms with Crippen molar-refractivity contribution in [1.29, 1.82) is 0 Å². The first-order valence-corrected chi connectivity index (χ1v) is 10.8. The van der Waals surface area contributed by atoms with Crippen LogP contribution in [-0.2, 0) is 9.53 Å². The van der Waals surface area contributed by atoms with Gasteiger partial charge in [-0.1, -0.05) is 59.6 Å². The molecule has 1 rings (SSSR count). The lowest BCUT2D eigenvalue weighted by Crippen LogP contribution is -2.27. The highest BCUT2D eigenvalue weighted by atomic mass is 16.5. The molecule has 0 radical (unpaired) electrons. The average Bonchev–Trinajstić information content (AvgIpc) is 2.66. The van der Waals surface area contributed by atoms with E-state index in [0.29, 0.717) is 0 Å². The molecule has 0 saturated heterocycles. The van der Waals surface area contributed by atoms with E-state index in [1.165, 1.54) is 12.5 Å². The van der Waals surface area contributed by atoms with Gasteiger partial charge in [-0.3, -0.25) is 0 Å². The highest BCUT2D eigenvalue weighted by Crippen LogP contribution is 2.20. The van der Waals surface area contributed by atoms with Gasteiger partial charge in [0.1, 0.15) is 6.10 Å². The zero-order chi connectivity index (χ0) is 22.5. The van der Waals surface area contributed by atoms with Gasteiger partial charge >= 0.3 is 5.97 Å². The number of allylic oxidation sites excluding steroid dienone is 8. The minimum absolute atomic E-state index is 0.0647. The van der Waals surface area contributed by atoms with Crippen molar-refractivity contribution in [2.75, 3.05) is 0 Å². The molecule has 5 nitrogen and oxygen atoms in total. The number of ether oxygens (including phenoxy) is 1. The van der Waals surface area contributed by atoms with Crippen molar-refractivity contribution in [2.24, 2.45) is 0 Å². The predicted molar refractivity (Wildman–Crippen MR) is 121 cm³/mol. The summed E-state index contributed by atoms with van der Waals surface area (Å²) in [5.74, 6) is -0.284. The fourth-order valence-electron chi connectivity index (χ4n) is 3.32. The maximum absolute atomic E-state index is 11.9. The summed E-state index contributed by atoms with van der Waals surface area (Å²) in [6, 6.07) is 0. The predicted octanol–water partition coefficient (Wildman–Crippen LogP) is 4.31. The molecule has 0 aliphatic heterocycles. The molecule has 3 N–H and O–H groups in total. The van der Waals surface area contributed by atoms with Gasteiger partial charge in [-0.15, -0.1) is 0 Å². The van der Waals surface area contributed by atoms with Gasteiger partial charge in [0.15, 0.2) is 0 Å². The second-order valence-corrected chi connectivity index (χ2v) is 8.24. The third-order valence-electron chi connectivity index (χ3n) is 4.90. The highest BCUT2D eigenvalue weighted by molar-refractivity contribution is 5.82. The molecule has 3 atom stereocenters. The summed E-state index contributed by atoms with van der Waals surface area (Å²) in [6.45, 7) is 7.29. The van der Waals surface area contributed by atoms with Crippen LogP contribution in [0.5, 0.6) is 0 Å². The molecule has 168 valence electrons. The van der Waals surface area contributed by atoms with Gasteiger partial charge in [0.2, 0.25) is 0 Å². The zero-order valence-electron chi connectivity index (χ0n) is 18.8. The Kier molecular flexibility index (Phi) is 12.3. The van der Waals surface area contributed by atoms with Crippen LogP contribution in [-0.4, -0.2) is 45.7 Å². The van der Waals surface area contributed by atoms with Crippen LogP contribution < -0.4 is 0 Å². The van der Waals surface area contributed by atoms with E-state index in [4.69, 9.17) is 4.74 Å². The van der Waals surface area contributed by atoms with Crippen LogP contribution in [0.4, 0.5) is 0 Å². The lowest BCUT2D eigenvalue weighted by atomic mass is 9.98. The molecule has 1 aliphatic carbocycles. The summed E-state index contributed by atoms with van der Waals surface area (Å²) in [5.41, 5.74) is 2.76. The van der Waals surface area contributed by atoms with E-state index >= 15 is 0 Å². The SMILES string of the molecule is CC(=C\C=C\C(C)=C\C(O)C(O)CC(C)O)/C=C(C)/C=C/C(=O)OC1CCCCC1. The first-order valence-electron chi connectivity index (χ1n) is 10.8. The number of rotatable bonds is 10. The number of aliphatic hydroxyl groups excluding tert-OH is 3. The van der Waals surface area contributed by atoms with Crippen molar-refractivity contribution in [3.05, 3.63) is 59.3 Å². The van der Waals surface area contributed by atoms with Gasteiger partial charge in [-0.25, -0.2) is 4.79 Å². The van der Waals surface area contributed by atoms with E-state index in [9.17, 15) is 20.1 Å². The van der Waals surface area contributed by atoms with Crippen molar-refractivity contribution in [3.8, 4) is 0 Å². The molecule has 0 bridgehead atoms. The monoisotopic (exact) mass is 418 g/mol. The Balaban J connectivity index is 2.53. The molecule has 30 heavy (non-hydrogen) atoms. The molecule has 1 saturated carbocycles. The highest BCUT2D eigenvalue weighted by Gasteiger charge is 2.16. The van der Waals surface area contributed by atoms with E-state index in [-0.39, 0.29) is 18.5 Å². The van der Waals surface area contributed by atoms with E-state index in [0.717, 1.165) is 42.4 Å². The molecule has 0 amide bonds. The number of hydrogen-bond donors (Lipinski definition) is 3. The molecule has 0 aromatic rings. The molecule has 0 spiro atoms. The number of esters is 1. The van der Waals surface area contributed by atoms with Crippen molar-refractivity contribution in [1.82, 2.24) is 0 Å². The number of aliphatic hydroxyl groups is 3. The molecular formula is C25H38O5. The lowest BCUT2D eigenvalue weighted by molar-refractivity contribution is -0.144. The Labute approximate surface area is 181 Å². The average molecular weight is 419 g/mol. The van der Waals surface area contributed by atoms with Gasteiger partial charge in [-0.2, -0.15) is 0 Å². The van der Waals surface area contributed by atoms with Gasteiger partial charge in [0, 0.05) is 12.5 Å². The molecule has 0 aromatic carbocycles. The van der Waals surface area contributed by atoms with E-state index in [2.05, 4.69) is 0 Å². The van der Waals surface area contributed by atoms with Crippen LogP contribution in [0.15, 0.2) is 59.3 Å². The smallest absolute Gasteiger partial charge is 0.331 e. The van der Waals surface area contributed by atoms with Crippen LogP contribution in [0.25, 0.3) is 0 Å². The molecular weight excluding hydrogens is 380 g/mol. The quantitative estimate of drug-likeness (QED) is 0.280. The van der Waals surface area contributed by atoms with Crippen LogP contribution in [0, 0.1) is 0 Å². The number of carbonyl (C=O) groups excluding carboxylic acids is 1. The second-order valence-electron chi connectivity index (χ2n) is 8.24. The second kappa shape index (κ2) is 14.1. The topological polar surface area (TPSA) is 87.0 Å². The van der Waals surface area contributed by atoms with Gasteiger partial charge in [0.25, 0.3) is 0 Å². The normalized spacial score (nSPS) is 20.6. The molecule has 1 aliphatic rings. The van der Waals surface area contributed by atoms with Gasteiger partial charge in [0.05, 0.1) is 18.3 Å². The minimum Gasteiger partial charge on any atom is -0.459 e. The van der Waals surface area contributed by atoms with E-state index < -0.39 is 18.3 Å². The lowest BCUT2D eigenvalue weighted by Gasteiger charge is -2.20. The summed E-state index contributed by atoms with van der Waals surface area (Å²) in [6.07, 6.45) is 15.3. The Morgan fingerprint density at radius 3 is 2.27 bits per heavy atom. The van der Waals surface area contributed by atoms with Crippen LogP contribution in [0.3, 0.4) is 0 Å². The van der Waals surface area contributed by atoms with E-state index in [1.807, 2.05) is 45.1 Å². The maximum atomic E-state index is 11.9. The van der Waals surface area contributed by atoms with Crippen molar-refractivity contribution < 1.29 is 24.9 Å². The first kappa shape index (κ1) is 26.1. The van der Waals surface area contributed by atoms with Crippen LogP contribution >= 0.6 is 0 Å².